The van der Waals surface area contributed by atoms with Gasteiger partial charge in [0.15, 0.2) is 0 Å². The molecule has 3 rings (SSSR count). The van der Waals surface area contributed by atoms with Crippen molar-refractivity contribution in [3.63, 3.8) is 0 Å². The Kier molecular flexibility index (Phi) is 4.74. The summed E-state index contributed by atoms with van der Waals surface area (Å²) >= 11 is 0. The largest absolute Gasteiger partial charge is 0.352 e. The Morgan fingerprint density at radius 3 is 2.59 bits per heavy atom. The number of hydrogen-bond acceptors (Lipinski definition) is 2. The first-order valence-electron chi connectivity index (χ1n) is 8.23. The van der Waals surface area contributed by atoms with Crippen molar-refractivity contribution in [1.82, 2.24) is 5.32 Å². The van der Waals surface area contributed by atoms with E-state index in [1.807, 2.05) is 18.2 Å². The van der Waals surface area contributed by atoms with E-state index >= 15 is 0 Å². The van der Waals surface area contributed by atoms with Gasteiger partial charge in [0.25, 0.3) is 0 Å². The molecule has 3 N–H and O–H groups in total. The summed E-state index contributed by atoms with van der Waals surface area (Å²) in [6.45, 7) is 0.536. The smallest absolute Gasteiger partial charge is 0.224 e. The van der Waals surface area contributed by atoms with Crippen molar-refractivity contribution in [3.05, 3.63) is 48.0 Å². The van der Waals surface area contributed by atoms with Gasteiger partial charge >= 0.3 is 0 Å². The maximum absolute atomic E-state index is 12.3. The first-order valence-corrected chi connectivity index (χ1v) is 8.23. The van der Waals surface area contributed by atoms with Crippen molar-refractivity contribution in [3.8, 4) is 0 Å². The van der Waals surface area contributed by atoms with E-state index in [4.69, 9.17) is 5.73 Å². The summed E-state index contributed by atoms with van der Waals surface area (Å²) in [5.41, 5.74) is 6.91. The Morgan fingerprint density at radius 1 is 1.14 bits per heavy atom. The Morgan fingerprint density at radius 2 is 1.86 bits per heavy atom. The van der Waals surface area contributed by atoms with E-state index in [1.54, 1.807) is 0 Å². The number of carbonyl (C=O) groups excluding carboxylic acids is 1. The van der Waals surface area contributed by atoms with Crippen LogP contribution >= 0.6 is 0 Å². The number of nitrogens with one attached hydrogen (secondary N) is 1. The molecule has 3 nitrogen and oxygen atoms in total. The minimum absolute atomic E-state index is 0.0811. The van der Waals surface area contributed by atoms with E-state index in [0.717, 1.165) is 5.56 Å². The van der Waals surface area contributed by atoms with Crippen molar-refractivity contribution >= 4 is 16.7 Å². The van der Waals surface area contributed by atoms with E-state index < -0.39 is 0 Å². The molecule has 116 valence electrons. The third-order valence-electron chi connectivity index (χ3n) is 4.75. The monoisotopic (exact) mass is 296 g/mol. The zero-order valence-corrected chi connectivity index (χ0v) is 12.9. The maximum Gasteiger partial charge on any atom is 0.224 e. The number of benzene rings is 2. The van der Waals surface area contributed by atoms with Crippen LogP contribution in [0.25, 0.3) is 10.8 Å². The molecule has 1 aliphatic rings. The number of fused-ring (bicyclic) bond motifs is 1. The molecular weight excluding hydrogens is 272 g/mol. The fraction of sp³-hybridized carbons (Fsp3) is 0.421. The second-order valence-electron chi connectivity index (χ2n) is 6.31. The predicted molar refractivity (Wildman–Crippen MR) is 90.6 cm³/mol. The number of nitrogens with two attached hydrogens (primary N) is 1. The third kappa shape index (κ3) is 3.47. The molecule has 0 aliphatic heterocycles. The Labute approximate surface area is 131 Å². The van der Waals surface area contributed by atoms with Crippen LogP contribution in [0.5, 0.6) is 0 Å². The lowest BCUT2D eigenvalue weighted by Gasteiger charge is -2.23. The molecule has 2 aromatic carbocycles. The van der Waals surface area contributed by atoms with Crippen LogP contribution < -0.4 is 11.1 Å². The average Bonchev–Trinajstić information content (AvgIpc) is 3.07. The van der Waals surface area contributed by atoms with Crippen molar-refractivity contribution in [1.29, 1.82) is 0 Å². The quantitative estimate of drug-likeness (QED) is 0.891. The van der Waals surface area contributed by atoms with Crippen LogP contribution in [0, 0.1) is 5.92 Å². The van der Waals surface area contributed by atoms with Gasteiger partial charge in [-0.05, 0) is 35.1 Å². The van der Waals surface area contributed by atoms with Gasteiger partial charge in [0.1, 0.15) is 0 Å². The van der Waals surface area contributed by atoms with Gasteiger partial charge in [0, 0.05) is 12.6 Å². The summed E-state index contributed by atoms with van der Waals surface area (Å²) in [7, 11) is 0. The molecule has 0 spiro atoms. The minimum atomic E-state index is 0.0811. The van der Waals surface area contributed by atoms with E-state index in [9.17, 15) is 4.79 Å². The SMILES string of the molecule is NCC(NC(=O)Cc1ccc2ccccc2c1)C1CCCC1. The molecule has 1 aliphatic carbocycles. The van der Waals surface area contributed by atoms with Crippen molar-refractivity contribution in [2.75, 3.05) is 6.54 Å². The summed E-state index contributed by atoms with van der Waals surface area (Å²) in [4.78, 5) is 12.3. The summed E-state index contributed by atoms with van der Waals surface area (Å²) < 4.78 is 0. The average molecular weight is 296 g/mol. The molecule has 0 aromatic heterocycles. The van der Waals surface area contributed by atoms with Gasteiger partial charge in [-0.1, -0.05) is 55.3 Å². The lowest BCUT2D eigenvalue weighted by molar-refractivity contribution is -0.121. The molecule has 0 radical (unpaired) electrons. The summed E-state index contributed by atoms with van der Waals surface area (Å²) in [6.07, 6.45) is 5.34. The number of carbonyl (C=O) groups is 1. The molecule has 2 aromatic rings. The molecule has 1 fully saturated rings. The topological polar surface area (TPSA) is 55.1 Å². The summed E-state index contributed by atoms with van der Waals surface area (Å²) in [6, 6.07) is 14.6. The van der Waals surface area contributed by atoms with Gasteiger partial charge in [-0.15, -0.1) is 0 Å². The van der Waals surface area contributed by atoms with Gasteiger partial charge in [-0.3, -0.25) is 4.79 Å². The van der Waals surface area contributed by atoms with Gasteiger partial charge < -0.3 is 11.1 Å². The van der Waals surface area contributed by atoms with Crippen molar-refractivity contribution < 1.29 is 4.79 Å². The molecular formula is C19H24N2O. The second-order valence-corrected chi connectivity index (χ2v) is 6.31. The Bertz CT molecular complexity index is 647. The minimum Gasteiger partial charge on any atom is -0.352 e. The van der Waals surface area contributed by atoms with Gasteiger partial charge in [-0.25, -0.2) is 0 Å². The highest BCUT2D eigenvalue weighted by Gasteiger charge is 2.25. The van der Waals surface area contributed by atoms with Crippen LogP contribution in [0.15, 0.2) is 42.5 Å². The molecule has 1 amide bonds. The highest BCUT2D eigenvalue weighted by atomic mass is 16.1. The zero-order valence-electron chi connectivity index (χ0n) is 12.9. The van der Waals surface area contributed by atoms with Gasteiger partial charge in [0.05, 0.1) is 6.42 Å². The standard InChI is InChI=1S/C19H24N2O/c20-13-18(16-6-2-3-7-16)21-19(22)12-14-9-10-15-5-1-4-8-17(15)11-14/h1,4-5,8-11,16,18H,2-3,6-7,12-13,20H2,(H,21,22). The molecule has 1 atom stereocenters. The molecule has 0 saturated heterocycles. The van der Waals surface area contributed by atoms with E-state index in [2.05, 4.69) is 29.6 Å². The van der Waals surface area contributed by atoms with Crippen LogP contribution in [-0.2, 0) is 11.2 Å². The fourth-order valence-corrected chi connectivity index (χ4v) is 3.52. The summed E-state index contributed by atoms with van der Waals surface area (Å²) in [5, 5.41) is 5.53. The van der Waals surface area contributed by atoms with Crippen LogP contribution in [0.3, 0.4) is 0 Å². The van der Waals surface area contributed by atoms with Gasteiger partial charge in [-0.2, -0.15) is 0 Å². The van der Waals surface area contributed by atoms with Crippen LogP contribution in [0.2, 0.25) is 0 Å². The lowest BCUT2D eigenvalue weighted by Crippen LogP contribution is -2.45. The van der Waals surface area contributed by atoms with Crippen molar-refractivity contribution in [2.24, 2.45) is 11.7 Å². The second kappa shape index (κ2) is 6.93. The van der Waals surface area contributed by atoms with E-state index in [0.29, 0.717) is 18.9 Å². The molecule has 3 heteroatoms. The summed E-state index contributed by atoms with van der Waals surface area (Å²) in [5.74, 6) is 0.642. The highest BCUT2D eigenvalue weighted by Crippen LogP contribution is 2.27. The molecule has 0 bridgehead atoms. The van der Waals surface area contributed by atoms with Crippen LogP contribution in [-0.4, -0.2) is 18.5 Å². The Balaban J connectivity index is 1.64. The van der Waals surface area contributed by atoms with E-state index in [1.165, 1.54) is 36.5 Å². The lowest BCUT2D eigenvalue weighted by atomic mass is 9.97. The van der Waals surface area contributed by atoms with E-state index in [-0.39, 0.29) is 11.9 Å². The van der Waals surface area contributed by atoms with Crippen molar-refractivity contribution in [2.45, 2.75) is 38.1 Å². The first-order chi connectivity index (χ1) is 10.8. The zero-order chi connectivity index (χ0) is 15.4. The third-order valence-corrected chi connectivity index (χ3v) is 4.75. The fourth-order valence-electron chi connectivity index (χ4n) is 3.52. The molecule has 1 saturated carbocycles. The first kappa shape index (κ1) is 15.0. The highest BCUT2D eigenvalue weighted by molar-refractivity contribution is 5.85. The van der Waals surface area contributed by atoms with Gasteiger partial charge in [0.2, 0.25) is 5.91 Å². The number of amides is 1. The predicted octanol–water partition coefficient (Wildman–Crippen LogP) is 3.02. The number of rotatable bonds is 5. The molecule has 22 heavy (non-hydrogen) atoms. The maximum atomic E-state index is 12.3. The van der Waals surface area contributed by atoms with Crippen LogP contribution in [0.1, 0.15) is 31.2 Å². The number of hydrogen-bond donors (Lipinski definition) is 2. The molecule has 0 heterocycles. The Hall–Kier alpha value is -1.87. The van der Waals surface area contributed by atoms with Crippen LogP contribution in [0.4, 0.5) is 0 Å². The molecule has 1 unspecified atom stereocenters. The normalized spacial score (nSPS) is 16.8.